The molecule has 0 fully saturated rings. The molecule has 41 heavy (non-hydrogen) atoms. The third-order valence-corrected chi connectivity index (χ3v) is 7.04. The molecule has 1 unspecified atom stereocenters. The van der Waals surface area contributed by atoms with Crippen LogP contribution >= 0.6 is 0 Å². The summed E-state index contributed by atoms with van der Waals surface area (Å²) in [5.41, 5.74) is 9.38. The first-order valence-electron chi connectivity index (χ1n) is 13.0. The van der Waals surface area contributed by atoms with E-state index in [1.54, 1.807) is 36.1 Å². The van der Waals surface area contributed by atoms with Gasteiger partial charge in [0.1, 0.15) is 17.2 Å². The fourth-order valence-electron chi connectivity index (χ4n) is 4.82. The predicted molar refractivity (Wildman–Crippen MR) is 158 cm³/mol. The van der Waals surface area contributed by atoms with Gasteiger partial charge in [0, 0.05) is 25.4 Å². The normalized spacial score (nSPS) is 12.8. The number of hydrogen-bond acceptors (Lipinski definition) is 7. The van der Waals surface area contributed by atoms with Crippen LogP contribution in [0.25, 0.3) is 22.8 Å². The van der Waals surface area contributed by atoms with Crippen molar-refractivity contribution in [2.24, 2.45) is 7.05 Å². The van der Waals surface area contributed by atoms with Crippen LogP contribution in [0, 0.1) is 18.8 Å². The van der Waals surface area contributed by atoms with Crippen LogP contribution in [-0.4, -0.2) is 41.6 Å². The molecule has 4 N–H and O–H groups in total. The standard InChI is InChI=1S/C30H27N9O2/c1-18(34-29(40)25-26(31)36-38-16-8-15-32-28(25)38)27-35-23-12-7-9-20(13-14-21-17-33-37(3)19(21)2)24(23)30(41)39(27)22-10-5-4-6-11-22/h4-12,16-18,32H,15H2,1-3H3,(H2,31,36)(H,34,40). The Bertz CT molecular complexity index is 1970. The van der Waals surface area contributed by atoms with Crippen molar-refractivity contribution in [3.05, 3.63) is 99.4 Å². The van der Waals surface area contributed by atoms with Crippen molar-refractivity contribution in [3.63, 3.8) is 0 Å². The molecule has 0 aliphatic carbocycles. The molecule has 3 aromatic heterocycles. The number of aryl methyl sites for hydroxylation is 1. The fourth-order valence-corrected chi connectivity index (χ4v) is 4.82. The van der Waals surface area contributed by atoms with Gasteiger partial charge in [0.05, 0.1) is 40.1 Å². The number of amides is 1. The molecule has 6 rings (SSSR count). The number of hydrogen-bond donors (Lipinski definition) is 3. The lowest BCUT2D eigenvalue weighted by molar-refractivity contribution is 0.0939. The molecular weight excluding hydrogens is 518 g/mol. The number of aromatic nitrogens is 6. The number of para-hydroxylation sites is 1. The van der Waals surface area contributed by atoms with E-state index in [2.05, 4.69) is 32.7 Å². The van der Waals surface area contributed by atoms with Gasteiger partial charge in [-0.25, -0.2) is 9.67 Å². The molecular formula is C30H27N9O2. The Hall–Kier alpha value is -5.63. The van der Waals surface area contributed by atoms with Crippen molar-refractivity contribution in [3.8, 4) is 17.5 Å². The zero-order valence-electron chi connectivity index (χ0n) is 22.7. The van der Waals surface area contributed by atoms with Crippen LogP contribution in [0.2, 0.25) is 0 Å². The molecule has 1 amide bonds. The lowest BCUT2D eigenvalue weighted by Crippen LogP contribution is -2.34. The van der Waals surface area contributed by atoms with Crippen molar-refractivity contribution in [2.45, 2.75) is 19.9 Å². The Morgan fingerprint density at radius 1 is 1.12 bits per heavy atom. The van der Waals surface area contributed by atoms with Gasteiger partial charge in [-0.2, -0.15) is 5.10 Å². The molecule has 11 nitrogen and oxygen atoms in total. The second-order valence-electron chi connectivity index (χ2n) is 9.68. The highest BCUT2D eigenvalue weighted by Crippen LogP contribution is 2.26. The minimum absolute atomic E-state index is 0.0998. The Morgan fingerprint density at radius 2 is 1.90 bits per heavy atom. The molecule has 204 valence electrons. The van der Waals surface area contributed by atoms with Gasteiger partial charge in [-0.15, -0.1) is 5.10 Å². The highest BCUT2D eigenvalue weighted by molar-refractivity contribution is 6.04. The number of nitrogens with two attached hydrogens (primary N) is 1. The van der Waals surface area contributed by atoms with Gasteiger partial charge in [0.25, 0.3) is 11.5 Å². The van der Waals surface area contributed by atoms with E-state index in [4.69, 9.17) is 10.7 Å². The Morgan fingerprint density at radius 3 is 2.66 bits per heavy atom. The predicted octanol–water partition coefficient (Wildman–Crippen LogP) is 2.99. The van der Waals surface area contributed by atoms with Crippen LogP contribution in [0.15, 0.2) is 65.6 Å². The molecule has 0 saturated heterocycles. The first-order valence-corrected chi connectivity index (χ1v) is 13.0. The van der Waals surface area contributed by atoms with Crippen LogP contribution in [0.1, 0.15) is 46.0 Å². The van der Waals surface area contributed by atoms with E-state index in [1.165, 1.54) is 9.25 Å². The van der Waals surface area contributed by atoms with Crippen LogP contribution in [0.4, 0.5) is 11.6 Å². The van der Waals surface area contributed by atoms with Gasteiger partial charge in [0.2, 0.25) is 0 Å². The van der Waals surface area contributed by atoms with Gasteiger partial charge in [0.15, 0.2) is 5.82 Å². The summed E-state index contributed by atoms with van der Waals surface area (Å²) in [6.07, 6.45) is 5.32. The number of nitrogens with zero attached hydrogens (tertiary/aromatic N) is 6. The zero-order chi connectivity index (χ0) is 28.7. The van der Waals surface area contributed by atoms with Gasteiger partial charge < -0.3 is 16.4 Å². The summed E-state index contributed by atoms with van der Waals surface area (Å²) in [5.74, 6) is 6.83. The molecule has 2 aromatic carbocycles. The Labute approximate surface area is 235 Å². The maximum Gasteiger partial charge on any atom is 0.267 e. The van der Waals surface area contributed by atoms with Crippen molar-refractivity contribution < 1.29 is 4.79 Å². The van der Waals surface area contributed by atoms with E-state index < -0.39 is 11.9 Å². The topological polar surface area (TPSA) is 138 Å². The zero-order valence-corrected chi connectivity index (χ0v) is 22.7. The smallest absolute Gasteiger partial charge is 0.267 e. The van der Waals surface area contributed by atoms with E-state index in [0.717, 1.165) is 11.3 Å². The average molecular weight is 546 g/mol. The third kappa shape index (κ3) is 4.51. The van der Waals surface area contributed by atoms with E-state index in [9.17, 15) is 9.59 Å². The van der Waals surface area contributed by atoms with E-state index in [-0.39, 0.29) is 16.9 Å². The van der Waals surface area contributed by atoms with Gasteiger partial charge >= 0.3 is 0 Å². The number of nitrogen functional groups attached to an aromatic ring is 1. The fraction of sp³-hybridized carbons (Fsp3) is 0.167. The van der Waals surface area contributed by atoms with Crippen LogP contribution in [-0.2, 0) is 7.05 Å². The summed E-state index contributed by atoms with van der Waals surface area (Å²) in [5, 5.41) is 15.0. The molecule has 4 heterocycles. The number of benzene rings is 2. The Kier molecular flexibility index (Phi) is 6.35. The molecule has 1 aliphatic heterocycles. The number of anilines is 2. The Balaban J connectivity index is 1.47. The van der Waals surface area contributed by atoms with Crippen LogP contribution in [0.5, 0.6) is 0 Å². The molecule has 5 aromatic rings. The average Bonchev–Trinajstić information content (AvgIpc) is 3.49. The van der Waals surface area contributed by atoms with Crippen molar-refractivity contribution in [1.29, 1.82) is 0 Å². The van der Waals surface area contributed by atoms with Gasteiger partial charge in [-0.05, 0) is 44.2 Å². The quantitative estimate of drug-likeness (QED) is 0.295. The van der Waals surface area contributed by atoms with E-state index >= 15 is 0 Å². The summed E-state index contributed by atoms with van der Waals surface area (Å²) in [7, 11) is 1.85. The second-order valence-corrected chi connectivity index (χ2v) is 9.68. The highest BCUT2D eigenvalue weighted by atomic mass is 16.2. The maximum atomic E-state index is 14.2. The molecule has 0 bridgehead atoms. The van der Waals surface area contributed by atoms with Crippen LogP contribution in [0.3, 0.4) is 0 Å². The first kappa shape index (κ1) is 25.6. The van der Waals surface area contributed by atoms with Crippen molar-refractivity contribution >= 4 is 34.6 Å². The molecule has 11 heteroatoms. The molecule has 0 saturated carbocycles. The van der Waals surface area contributed by atoms with Crippen molar-refractivity contribution in [1.82, 2.24) is 34.4 Å². The third-order valence-electron chi connectivity index (χ3n) is 7.04. The SMILES string of the molecule is Cc1c(C#Cc2cccc3nc(C(C)NC(=O)c4c(N)nn5c4NCC=C5)n(-c4ccccc4)c(=O)c23)cnn1C. The lowest BCUT2D eigenvalue weighted by atomic mass is 10.1. The summed E-state index contributed by atoms with van der Waals surface area (Å²) < 4.78 is 4.80. The molecule has 1 aliphatic rings. The number of fused-ring (bicyclic) bond motifs is 2. The highest BCUT2D eigenvalue weighted by Gasteiger charge is 2.26. The number of carbonyl (C=O) groups excluding carboxylic acids is 1. The van der Waals surface area contributed by atoms with E-state index in [1.807, 2.05) is 56.4 Å². The maximum absolute atomic E-state index is 14.2. The van der Waals surface area contributed by atoms with Crippen LogP contribution < -0.4 is 21.9 Å². The summed E-state index contributed by atoms with van der Waals surface area (Å²) in [6.45, 7) is 4.26. The summed E-state index contributed by atoms with van der Waals surface area (Å²) >= 11 is 0. The number of carbonyl (C=O) groups is 1. The summed E-state index contributed by atoms with van der Waals surface area (Å²) in [4.78, 5) is 32.5. The molecule has 0 spiro atoms. The minimum atomic E-state index is -0.665. The summed E-state index contributed by atoms with van der Waals surface area (Å²) in [6, 6.07) is 13.9. The lowest BCUT2D eigenvalue weighted by Gasteiger charge is -2.20. The number of rotatable bonds is 4. The molecule has 0 radical (unpaired) electrons. The second kappa shape index (κ2) is 10.2. The van der Waals surface area contributed by atoms with Gasteiger partial charge in [-0.1, -0.05) is 36.1 Å². The van der Waals surface area contributed by atoms with Gasteiger partial charge in [-0.3, -0.25) is 18.8 Å². The monoisotopic (exact) mass is 545 g/mol. The largest absolute Gasteiger partial charge is 0.381 e. The minimum Gasteiger partial charge on any atom is -0.381 e. The number of nitrogens with one attached hydrogen (secondary N) is 2. The first-order chi connectivity index (χ1) is 19.8. The van der Waals surface area contributed by atoms with Crippen molar-refractivity contribution in [2.75, 3.05) is 17.6 Å². The molecule has 1 atom stereocenters. The van der Waals surface area contributed by atoms with E-state index in [0.29, 0.717) is 40.3 Å².